The molecule has 2 N–H and O–H groups in total. The second-order valence-electron chi connectivity index (χ2n) is 7.39. The van der Waals surface area contributed by atoms with Gasteiger partial charge >= 0.3 is 0 Å². The normalized spacial score (nSPS) is 17.8. The van der Waals surface area contributed by atoms with Crippen LogP contribution in [0.1, 0.15) is 39.0 Å². The summed E-state index contributed by atoms with van der Waals surface area (Å²) in [5.41, 5.74) is 5.45. The molecule has 0 spiro atoms. The number of aryl methyl sites for hydroxylation is 1. The third kappa shape index (κ3) is 5.15. The lowest BCUT2D eigenvalue weighted by Crippen LogP contribution is -2.58. The van der Waals surface area contributed by atoms with E-state index in [1.807, 2.05) is 29.3 Å². The van der Waals surface area contributed by atoms with E-state index in [4.69, 9.17) is 10.3 Å². The van der Waals surface area contributed by atoms with Crippen molar-refractivity contribution in [3.63, 3.8) is 0 Å². The van der Waals surface area contributed by atoms with Gasteiger partial charge in [-0.2, -0.15) is 4.98 Å². The van der Waals surface area contributed by atoms with E-state index >= 15 is 0 Å². The summed E-state index contributed by atoms with van der Waals surface area (Å²) in [6, 6.07) is 3.98. The number of carbonyl (C=O) groups excluding carboxylic acids is 1. The molecule has 7 nitrogen and oxygen atoms in total. The SMILES string of the molecule is CCCC(C)(N)C(=O)N1CCN(CCCc2nc(-c3cccs3)no2)CC1. The zero-order chi connectivity index (χ0) is 19.3. The molecular formula is C19H29N5O2S. The molecule has 1 saturated heterocycles. The van der Waals surface area contributed by atoms with E-state index in [-0.39, 0.29) is 5.91 Å². The zero-order valence-electron chi connectivity index (χ0n) is 16.2. The van der Waals surface area contributed by atoms with Crippen molar-refractivity contribution < 1.29 is 9.32 Å². The zero-order valence-corrected chi connectivity index (χ0v) is 17.0. The van der Waals surface area contributed by atoms with Gasteiger partial charge in [-0.15, -0.1) is 11.3 Å². The highest BCUT2D eigenvalue weighted by Crippen LogP contribution is 2.21. The number of aromatic nitrogens is 2. The van der Waals surface area contributed by atoms with Crippen LogP contribution in [-0.4, -0.2) is 64.1 Å². The average Bonchev–Trinajstić information content (AvgIpc) is 3.33. The standard InChI is InChI=1S/C19H29N5O2S/c1-3-8-19(2,20)18(25)24-12-10-23(11-13-24)9-4-7-16-21-17(22-26-16)15-6-5-14-27-15/h5-6,14H,3-4,7-13,20H2,1-2H3. The molecule has 27 heavy (non-hydrogen) atoms. The molecule has 2 aromatic rings. The van der Waals surface area contributed by atoms with Crippen LogP contribution in [0.25, 0.3) is 10.7 Å². The molecule has 1 unspecified atom stereocenters. The van der Waals surface area contributed by atoms with Gasteiger partial charge in [0.1, 0.15) is 0 Å². The number of piperazine rings is 1. The first-order valence-electron chi connectivity index (χ1n) is 9.66. The van der Waals surface area contributed by atoms with Crippen molar-refractivity contribution >= 4 is 17.2 Å². The van der Waals surface area contributed by atoms with Crippen LogP contribution in [0.4, 0.5) is 0 Å². The summed E-state index contributed by atoms with van der Waals surface area (Å²) in [5.74, 6) is 1.44. The Hall–Kier alpha value is -1.77. The van der Waals surface area contributed by atoms with Gasteiger partial charge < -0.3 is 15.2 Å². The first-order chi connectivity index (χ1) is 13.0. The van der Waals surface area contributed by atoms with Crippen molar-refractivity contribution in [2.45, 2.75) is 45.1 Å². The van der Waals surface area contributed by atoms with E-state index in [0.717, 1.165) is 63.3 Å². The van der Waals surface area contributed by atoms with E-state index in [1.165, 1.54) is 0 Å². The number of rotatable bonds is 8. The molecule has 3 rings (SSSR count). The number of hydrogen-bond acceptors (Lipinski definition) is 7. The van der Waals surface area contributed by atoms with Crippen LogP contribution in [0.5, 0.6) is 0 Å². The lowest BCUT2D eigenvalue weighted by molar-refractivity contribution is -0.138. The molecule has 1 aliphatic rings. The minimum absolute atomic E-state index is 0.0796. The van der Waals surface area contributed by atoms with E-state index in [1.54, 1.807) is 11.3 Å². The number of nitrogens with two attached hydrogens (primary N) is 1. The highest BCUT2D eigenvalue weighted by Gasteiger charge is 2.33. The van der Waals surface area contributed by atoms with Crippen molar-refractivity contribution in [1.82, 2.24) is 19.9 Å². The number of amides is 1. The first kappa shape index (κ1) is 20.0. The second kappa shape index (κ2) is 8.95. The molecule has 8 heteroatoms. The van der Waals surface area contributed by atoms with Crippen molar-refractivity contribution in [2.24, 2.45) is 5.73 Å². The van der Waals surface area contributed by atoms with Gasteiger partial charge in [-0.1, -0.05) is 24.6 Å². The topological polar surface area (TPSA) is 88.5 Å². The van der Waals surface area contributed by atoms with Gasteiger partial charge in [0, 0.05) is 32.6 Å². The maximum atomic E-state index is 12.6. The van der Waals surface area contributed by atoms with E-state index in [2.05, 4.69) is 22.0 Å². The smallest absolute Gasteiger partial charge is 0.242 e. The Bertz CT molecular complexity index is 720. The number of nitrogens with zero attached hydrogens (tertiary/aromatic N) is 4. The van der Waals surface area contributed by atoms with Crippen molar-refractivity contribution in [3.8, 4) is 10.7 Å². The third-order valence-corrected chi connectivity index (χ3v) is 5.86. The largest absolute Gasteiger partial charge is 0.339 e. The van der Waals surface area contributed by atoms with E-state index < -0.39 is 5.54 Å². The van der Waals surface area contributed by atoms with Crippen molar-refractivity contribution in [1.29, 1.82) is 0 Å². The molecule has 0 radical (unpaired) electrons. The second-order valence-corrected chi connectivity index (χ2v) is 8.34. The molecule has 0 aliphatic carbocycles. The van der Waals surface area contributed by atoms with Gasteiger partial charge in [0.15, 0.2) is 0 Å². The predicted molar refractivity (Wildman–Crippen MR) is 106 cm³/mol. The van der Waals surface area contributed by atoms with Gasteiger partial charge in [-0.25, -0.2) is 0 Å². The van der Waals surface area contributed by atoms with E-state index in [0.29, 0.717) is 11.7 Å². The summed E-state index contributed by atoms with van der Waals surface area (Å²) in [5, 5.41) is 6.05. The highest BCUT2D eigenvalue weighted by atomic mass is 32.1. The summed E-state index contributed by atoms with van der Waals surface area (Å²) < 4.78 is 5.35. The maximum absolute atomic E-state index is 12.6. The van der Waals surface area contributed by atoms with Gasteiger partial charge in [0.05, 0.1) is 10.4 Å². The molecule has 3 heterocycles. The lowest BCUT2D eigenvalue weighted by atomic mass is 9.95. The Morgan fingerprint density at radius 1 is 1.37 bits per heavy atom. The lowest BCUT2D eigenvalue weighted by Gasteiger charge is -2.38. The Morgan fingerprint density at radius 2 is 2.15 bits per heavy atom. The Kier molecular flexibility index (Phi) is 6.62. The van der Waals surface area contributed by atoms with Crippen LogP contribution in [0.2, 0.25) is 0 Å². The molecule has 0 bridgehead atoms. The van der Waals surface area contributed by atoms with Crippen LogP contribution >= 0.6 is 11.3 Å². The fourth-order valence-electron chi connectivity index (χ4n) is 3.48. The third-order valence-electron chi connectivity index (χ3n) is 4.99. The van der Waals surface area contributed by atoms with Crippen LogP contribution < -0.4 is 5.73 Å². The summed E-state index contributed by atoms with van der Waals surface area (Å²) in [6.45, 7) is 8.14. The molecule has 0 saturated carbocycles. The number of hydrogen-bond donors (Lipinski definition) is 1. The number of thiophene rings is 1. The summed E-state index contributed by atoms with van der Waals surface area (Å²) in [6.07, 6.45) is 3.38. The van der Waals surface area contributed by atoms with Crippen LogP contribution in [-0.2, 0) is 11.2 Å². The molecule has 148 valence electrons. The number of carbonyl (C=O) groups is 1. The molecule has 1 fully saturated rings. The molecule has 2 aromatic heterocycles. The van der Waals surface area contributed by atoms with Gasteiger partial charge in [0.2, 0.25) is 17.6 Å². The van der Waals surface area contributed by atoms with E-state index in [9.17, 15) is 4.79 Å². The Labute approximate surface area is 164 Å². The molecule has 0 aromatic carbocycles. The average molecular weight is 392 g/mol. The minimum atomic E-state index is -0.741. The summed E-state index contributed by atoms with van der Waals surface area (Å²) >= 11 is 1.61. The van der Waals surface area contributed by atoms with Crippen molar-refractivity contribution in [3.05, 3.63) is 23.4 Å². The minimum Gasteiger partial charge on any atom is -0.339 e. The van der Waals surface area contributed by atoms with Gasteiger partial charge in [-0.05, 0) is 37.8 Å². The van der Waals surface area contributed by atoms with Gasteiger partial charge in [0.25, 0.3) is 0 Å². The fourth-order valence-corrected chi connectivity index (χ4v) is 4.13. The quantitative estimate of drug-likeness (QED) is 0.743. The molecule has 1 amide bonds. The molecular weight excluding hydrogens is 362 g/mol. The maximum Gasteiger partial charge on any atom is 0.242 e. The summed E-state index contributed by atoms with van der Waals surface area (Å²) in [7, 11) is 0. The Morgan fingerprint density at radius 3 is 2.81 bits per heavy atom. The monoisotopic (exact) mass is 391 g/mol. The van der Waals surface area contributed by atoms with Crippen LogP contribution in [0.15, 0.2) is 22.0 Å². The summed E-state index contributed by atoms with van der Waals surface area (Å²) in [4.78, 5) is 22.4. The fraction of sp³-hybridized carbons (Fsp3) is 0.632. The van der Waals surface area contributed by atoms with Crippen molar-refractivity contribution in [2.75, 3.05) is 32.7 Å². The van der Waals surface area contributed by atoms with Crippen LogP contribution in [0.3, 0.4) is 0 Å². The Balaban J connectivity index is 1.39. The van der Waals surface area contributed by atoms with Crippen LogP contribution in [0, 0.1) is 0 Å². The highest BCUT2D eigenvalue weighted by molar-refractivity contribution is 7.13. The van der Waals surface area contributed by atoms with Gasteiger partial charge in [-0.3, -0.25) is 9.69 Å². The molecule has 1 aliphatic heterocycles. The first-order valence-corrected chi connectivity index (χ1v) is 10.5. The molecule has 1 atom stereocenters. The predicted octanol–water partition coefficient (Wildman–Crippen LogP) is 2.39.